The molecule has 0 amide bonds. The Labute approximate surface area is 129 Å². The zero-order chi connectivity index (χ0) is 14.7. The van der Waals surface area contributed by atoms with Crippen LogP contribution in [-0.2, 0) is 6.54 Å². The number of likely N-dealkylation sites (N-methyl/N-ethyl adjacent to an activating group) is 1. The molecule has 2 unspecified atom stereocenters. The van der Waals surface area contributed by atoms with Crippen molar-refractivity contribution in [3.63, 3.8) is 0 Å². The summed E-state index contributed by atoms with van der Waals surface area (Å²) in [4.78, 5) is 5.32. The maximum atomic E-state index is 6.29. The molecule has 0 aliphatic carbocycles. The number of hydrogen-bond acceptors (Lipinski definition) is 3. The van der Waals surface area contributed by atoms with E-state index in [0.29, 0.717) is 0 Å². The highest BCUT2D eigenvalue weighted by Gasteiger charge is 2.43. The highest BCUT2D eigenvalue weighted by molar-refractivity contribution is 5.15. The van der Waals surface area contributed by atoms with E-state index in [0.717, 1.165) is 25.7 Å². The lowest BCUT2D eigenvalue weighted by atomic mass is 9.81. The Balaban J connectivity index is 1.76. The van der Waals surface area contributed by atoms with Crippen molar-refractivity contribution in [3.05, 3.63) is 35.9 Å². The van der Waals surface area contributed by atoms with Gasteiger partial charge in [-0.15, -0.1) is 0 Å². The molecule has 21 heavy (non-hydrogen) atoms. The Bertz CT molecular complexity index is 447. The molecule has 2 heterocycles. The number of hydrogen-bond donors (Lipinski definition) is 1. The first kappa shape index (κ1) is 15.0. The number of benzene rings is 1. The maximum Gasteiger partial charge on any atom is 0.0362 e. The molecule has 2 aliphatic heterocycles. The first-order valence-electron chi connectivity index (χ1n) is 8.50. The lowest BCUT2D eigenvalue weighted by Crippen LogP contribution is -2.60. The number of rotatable bonds is 5. The summed E-state index contributed by atoms with van der Waals surface area (Å²) in [6.07, 6.45) is 5.21. The molecule has 2 saturated heterocycles. The van der Waals surface area contributed by atoms with Gasteiger partial charge in [0.15, 0.2) is 0 Å². The lowest BCUT2D eigenvalue weighted by molar-refractivity contribution is 0.00807. The fourth-order valence-corrected chi connectivity index (χ4v) is 4.33. The monoisotopic (exact) mass is 287 g/mol. The summed E-state index contributed by atoms with van der Waals surface area (Å²) in [5, 5.41) is 0. The Morgan fingerprint density at radius 2 is 2.10 bits per heavy atom. The fraction of sp³-hybridized carbons (Fsp3) is 0.667. The first-order valence-corrected chi connectivity index (χ1v) is 8.50. The summed E-state index contributed by atoms with van der Waals surface area (Å²) in [6.45, 7) is 7.71. The van der Waals surface area contributed by atoms with Gasteiger partial charge in [0.1, 0.15) is 0 Å². The highest BCUT2D eigenvalue weighted by atomic mass is 15.3. The van der Waals surface area contributed by atoms with Crippen LogP contribution in [0.15, 0.2) is 30.3 Å². The summed E-state index contributed by atoms with van der Waals surface area (Å²) >= 11 is 0. The van der Waals surface area contributed by atoms with E-state index in [-0.39, 0.29) is 5.54 Å². The van der Waals surface area contributed by atoms with Crippen LogP contribution in [0.25, 0.3) is 0 Å². The molecule has 1 aromatic rings. The van der Waals surface area contributed by atoms with Crippen molar-refractivity contribution in [1.29, 1.82) is 0 Å². The van der Waals surface area contributed by atoms with Crippen LogP contribution in [0.5, 0.6) is 0 Å². The average molecular weight is 287 g/mol. The predicted molar refractivity (Wildman–Crippen MR) is 88.1 cm³/mol. The van der Waals surface area contributed by atoms with Gasteiger partial charge in [-0.2, -0.15) is 0 Å². The summed E-state index contributed by atoms with van der Waals surface area (Å²) in [7, 11) is 0. The van der Waals surface area contributed by atoms with Gasteiger partial charge in [-0.3, -0.25) is 4.90 Å². The van der Waals surface area contributed by atoms with Gasteiger partial charge in [0.05, 0.1) is 0 Å². The second-order valence-electron chi connectivity index (χ2n) is 6.71. The van der Waals surface area contributed by atoms with E-state index in [2.05, 4.69) is 47.1 Å². The third-order valence-corrected chi connectivity index (χ3v) is 5.63. The molecule has 0 radical (unpaired) electrons. The SMILES string of the molecule is CCN(Cc1ccccc1)C1(CN)CCN2CCCC2C1. The molecule has 0 bridgehead atoms. The van der Waals surface area contributed by atoms with E-state index in [9.17, 15) is 0 Å². The molecule has 2 fully saturated rings. The molecule has 3 rings (SSSR count). The number of nitrogens with zero attached hydrogens (tertiary/aromatic N) is 2. The van der Waals surface area contributed by atoms with Crippen LogP contribution in [0.4, 0.5) is 0 Å². The Kier molecular flexibility index (Phi) is 4.63. The smallest absolute Gasteiger partial charge is 0.0362 e. The maximum absolute atomic E-state index is 6.29. The van der Waals surface area contributed by atoms with Gasteiger partial charge in [-0.05, 0) is 44.3 Å². The second kappa shape index (κ2) is 6.47. The Morgan fingerprint density at radius 1 is 1.29 bits per heavy atom. The van der Waals surface area contributed by atoms with Gasteiger partial charge in [-0.1, -0.05) is 37.3 Å². The zero-order valence-corrected chi connectivity index (χ0v) is 13.3. The quantitative estimate of drug-likeness (QED) is 0.903. The van der Waals surface area contributed by atoms with Gasteiger partial charge in [-0.25, -0.2) is 0 Å². The minimum Gasteiger partial charge on any atom is -0.329 e. The lowest BCUT2D eigenvalue weighted by Gasteiger charge is -2.50. The molecule has 116 valence electrons. The summed E-state index contributed by atoms with van der Waals surface area (Å²) in [6, 6.07) is 11.6. The number of fused-ring (bicyclic) bond motifs is 1. The average Bonchev–Trinajstić information content (AvgIpc) is 3.00. The first-order chi connectivity index (χ1) is 10.3. The largest absolute Gasteiger partial charge is 0.329 e. The molecular formula is C18H29N3. The Hall–Kier alpha value is -0.900. The van der Waals surface area contributed by atoms with Gasteiger partial charge in [0.2, 0.25) is 0 Å². The fourth-order valence-electron chi connectivity index (χ4n) is 4.33. The van der Waals surface area contributed by atoms with Crippen molar-refractivity contribution in [2.75, 3.05) is 26.2 Å². The minimum absolute atomic E-state index is 0.204. The van der Waals surface area contributed by atoms with Crippen LogP contribution >= 0.6 is 0 Å². The normalized spacial score (nSPS) is 29.8. The van der Waals surface area contributed by atoms with Crippen molar-refractivity contribution >= 4 is 0 Å². The summed E-state index contributed by atoms with van der Waals surface area (Å²) in [5.41, 5.74) is 7.90. The molecule has 2 aliphatic rings. The van der Waals surface area contributed by atoms with E-state index in [1.807, 2.05) is 0 Å². The third-order valence-electron chi connectivity index (χ3n) is 5.63. The zero-order valence-electron chi connectivity index (χ0n) is 13.3. The topological polar surface area (TPSA) is 32.5 Å². The molecule has 3 nitrogen and oxygen atoms in total. The van der Waals surface area contributed by atoms with E-state index in [4.69, 9.17) is 5.73 Å². The van der Waals surface area contributed by atoms with Crippen molar-refractivity contribution in [2.24, 2.45) is 5.73 Å². The van der Waals surface area contributed by atoms with E-state index in [1.165, 1.54) is 44.3 Å². The van der Waals surface area contributed by atoms with Crippen LogP contribution in [0.3, 0.4) is 0 Å². The van der Waals surface area contributed by atoms with Crippen molar-refractivity contribution in [2.45, 2.75) is 50.7 Å². The van der Waals surface area contributed by atoms with Crippen molar-refractivity contribution in [1.82, 2.24) is 9.80 Å². The van der Waals surface area contributed by atoms with Crippen molar-refractivity contribution in [3.8, 4) is 0 Å². The summed E-state index contributed by atoms with van der Waals surface area (Å²) in [5.74, 6) is 0. The molecule has 2 N–H and O–H groups in total. The van der Waals surface area contributed by atoms with Crippen LogP contribution in [-0.4, -0.2) is 47.6 Å². The predicted octanol–water partition coefficient (Wildman–Crippen LogP) is 2.46. The van der Waals surface area contributed by atoms with E-state index < -0.39 is 0 Å². The molecule has 3 heteroatoms. The van der Waals surface area contributed by atoms with Gasteiger partial charge >= 0.3 is 0 Å². The molecule has 0 spiro atoms. The molecule has 0 saturated carbocycles. The standard InChI is InChI=1S/C18H29N3/c1-2-21(14-16-7-4-3-5-8-16)18(15-19)10-12-20-11-6-9-17(20)13-18/h3-5,7-8,17H,2,6,9-15,19H2,1H3. The van der Waals surface area contributed by atoms with Crippen LogP contribution in [0, 0.1) is 0 Å². The van der Waals surface area contributed by atoms with Gasteiger partial charge < -0.3 is 10.6 Å². The van der Waals surface area contributed by atoms with E-state index >= 15 is 0 Å². The van der Waals surface area contributed by atoms with Crippen molar-refractivity contribution < 1.29 is 0 Å². The minimum atomic E-state index is 0.204. The van der Waals surface area contributed by atoms with Gasteiger partial charge in [0, 0.05) is 31.2 Å². The molecule has 0 aromatic heterocycles. The molecule has 1 aromatic carbocycles. The van der Waals surface area contributed by atoms with Crippen LogP contribution in [0.1, 0.15) is 38.2 Å². The van der Waals surface area contributed by atoms with Crippen LogP contribution < -0.4 is 5.73 Å². The van der Waals surface area contributed by atoms with E-state index in [1.54, 1.807) is 0 Å². The third kappa shape index (κ3) is 3.01. The van der Waals surface area contributed by atoms with Crippen LogP contribution in [0.2, 0.25) is 0 Å². The Morgan fingerprint density at radius 3 is 2.81 bits per heavy atom. The molecule has 2 atom stereocenters. The number of piperidine rings is 1. The highest BCUT2D eigenvalue weighted by Crippen LogP contribution is 2.37. The molecular weight excluding hydrogens is 258 g/mol. The second-order valence-corrected chi connectivity index (χ2v) is 6.71. The summed E-state index contributed by atoms with van der Waals surface area (Å²) < 4.78 is 0. The number of nitrogens with two attached hydrogens (primary N) is 1. The van der Waals surface area contributed by atoms with Gasteiger partial charge in [0.25, 0.3) is 0 Å².